The first-order valence-electron chi connectivity index (χ1n) is 9.96. The Morgan fingerprint density at radius 3 is 2.32 bits per heavy atom. The quantitative estimate of drug-likeness (QED) is 0.405. The normalized spacial score (nSPS) is 13.2. The molecule has 1 aromatic rings. The third kappa shape index (κ3) is 8.55. The highest BCUT2D eigenvalue weighted by molar-refractivity contribution is 6.42. The number of anilines is 1. The van der Waals surface area contributed by atoms with Crippen LogP contribution in [0.2, 0.25) is 10.0 Å². The molecule has 0 fully saturated rings. The van der Waals surface area contributed by atoms with Crippen molar-refractivity contribution in [3.8, 4) is 0 Å². The van der Waals surface area contributed by atoms with E-state index in [1.165, 1.54) is 7.11 Å². The molecular formula is C21H31Cl2N3O5. The monoisotopic (exact) mass is 475 g/mol. The lowest BCUT2D eigenvalue weighted by Crippen LogP contribution is -2.54. The van der Waals surface area contributed by atoms with Crippen LogP contribution in [0.5, 0.6) is 0 Å². The Bertz CT molecular complexity index is 783. The number of nitrogens with two attached hydrogens (primary N) is 1. The van der Waals surface area contributed by atoms with Gasteiger partial charge in [0.1, 0.15) is 17.7 Å². The van der Waals surface area contributed by atoms with E-state index in [1.54, 1.807) is 45.9 Å². The van der Waals surface area contributed by atoms with E-state index in [9.17, 15) is 14.4 Å². The van der Waals surface area contributed by atoms with Gasteiger partial charge in [0.2, 0.25) is 0 Å². The second kappa shape index (κ2) is 12.1. The Morgan fingerprint density at radius 2 is 1.81 bits per heavy atom. The highest BCUT2D eigenvalue weighted by Gasteiger charge is 2.39. The number of imide groups is 1. The molecule has 0 bridgehead atoms. The predicted octanol–water partition coefficient (Wildman–Crippen LogP) is 4.23. The van der Waals surface area contributed by atoms with Crippen LogP contribution in [0, 0.1) is 0 Å². The number of carbonyl (C=O) groups is 3. The number of benzene rings is 1. The molecule has 2 amide bonds. The van der Waals surface area contributed by atoms with E-state index < -0.39 is 35.7 Å². The van der Waals surface area contributed by atoms with Crippen LogP contribution in [0.4, 0.5) is 10.5 Å². The molecular weight excluding hydrogens is 445 g/mol. The fourth-order valence-corrected chi connectivity index (χ4v) is 3.06. The summed E-state index contributed by atoms with van der Waals surface area (Å²) in [6.45, 7) is 7.01. The van der Waals surface area contributed by atoms with Gasteiger partial charge >= 0.3 is 12.1 Å². The molecule has 0 aliphatic heterocycles. The molecule has 0 unspecified atom stereocenters. The van der Waals surface area contributed by atoms with Gasteiger partial charge in [0.05, 0.1) is 17.2 Å². The highest BCUT2D eigenvalue weighted by Crippen LogP contribution is 2.26. The predicted molar refractivity (Wildman–Crippen MR) is 121 cm³/mol. The molecule has 0 aromatic heterocycles. The number of rotatable bonds is 9. The molecule has 31 heavy (non-hydrogen) atoms. The molecule has 2 atom stereocenters. The molecule has 0 aliphatic carbocycles. The first kappa shape index (κ1) is 27.0. The summed E-state index contributed by atoms with van der Waals surface area (Å²) in [5.74, 6) is -1.36. The summed E-state index contributed by atoms with van der Waals surface area (Å²) in [6.07, 6.45) is 0.427. The standard InChI is InChI=1S/C21H31Cl2N3O5/c1-13(25-14-9-10-15(22)16(23)12-14)18(27)26(20(29)31-21(2,3)4)17(19(28)30-5)8-6-7-11-24/h9-10,12-13,17,25H,6-8,11,24H2,1-5H3/t13-,17-/m0/s1. The van der Waals surface area contributed by atoms with Crippen molar-refractivity contribution >= 4 is 46.9 Å². The van der Waals surface area contributed by atoms with Gasteiger partial charge in [0.25, 0.3) is 5.91 Å². The third-order valence-corrected chi connectivity index (χ3v) is 4.96. The summed E-state index contributed by atoms with van der Waals surface area (Å²) in [7, 11) is 1.20. The Kier molecular flexibility index (Phi) is 10.6. The molecule has 8 nitrogen and oxygen atoms in total. The zero-order valence-electron chi connectivity index (χ0n) is 18.5. The van der Waals surface area contributed by atoms with E-state index in [0.717, 1.165) is 4.90 Å². The van der Waals surface area contributed by atoms with Gasteiger partial charge in [-0.05, 0) is 71.7 Å². The summed E-state index contributed by atoms with van der Waals surface area (Å²) < 4.78 is 10.3. The van der Waals surface area contributed by atoms with Crippen molar-refractivity contribution in [3.05, 3.63) is 28.2 Å². The fourth-order valence-electron chi connectivity index (χ4n) is 2.76. The molecule has 174 valence electrons. The molecule has 0 saturated heterocycles. The largest absolute Gasteiger partial charge is 0.467 e. The van der Waals surface area contributed by atoms with Crippen LogP contribution in [-0.4, -0.2) is 54.2 Å². The number of hydrogen-bond donors (Lipinski definition) is 2. The van der Waals surface area contributed by atoms with Gasteiger partial charge in [-0.1, -0.05) is 23.2 Å². The SMILES string of the molecule is COC(=O)[C@H](CCCCN)N(C(=O)OC(C)(C)C)C(=O)[C@H](C)Nc1ccc(Cl)c(Cl)c1. The van der Waals surface area contributed by atoms with Crippen molar-refractivity contribution in [1.82, 2.24) is 4.90 Å². The molecule has 0 radical (unpaired) electrons. The highest BCUT2D eigenvalue weighted by atomic mass is 35.5. The molecule has 1 rings (SSSR count). The maximum absolute atomic E-state index is 13.3. The summed E-state index contributed by atoms with van der Waals surface area (Å²) in [6, 6.07) is 2.77. The number of amides is 2. The second-order valence-corrected chi connectivity index (χ2v) is 8.82. The van der Waals surface area contributed by atoms with Gasteiger partial charge in [-0.15, -0.1) is 0 Å². The second-order valence-electron chi connectivity index (χ2n) is 8.01. The molecule has 3 N–H and O–H groups in total. The van der Waals surface area contributed by atoms with Crippen LogP contribution in [0.15, 0.2) is 18.2 Å². The van der Waals surface area contributed by atoms with E-state index in [-0.39, 0.29) is 6.42 Å². The fraction of sp³-hybridized carbons (Fsp3) is 0.571. The lowest BCUT2D eigenvalue weighted by atomic mass is 10.1. The van der Waals surface area contributed by atoms with Crippen LogP contribution in [-0.2, 0) is 19.1 Å². The molecule has 0 spiro atoms. The molecule has 0 heterocycles. The van der Waals surface area contributed by atoms with Crippen molar-refractivity contribution in [1.29, 1.82) is 0 Å². The number of hydrogen-bond acceptors (Lipinski definition) is 7. The maximum atomic E-state index is 13.3. The number of ether oxygens (including phenoxy) is 2. The Hall–Kier alpha value is -2.03. The number of nitrogens with one attached hydrogen (secondary N) is 1. The number of nitrogens with zero attached hydrogens (tertiary/aromatic N) is 1. The van der Waals surface area contributed by atoms with Gasteiger partial charge in [-0.2, -0.15) is 0 Å². The molecule has 0 saturated carbocycles. The van der Waals surface area contributed by atoms with Gasteiger partial charge in [0, 0.05) is 5.69 Å². The molecule has 1 aromatic carbocycles. The smallest absolute Gasteiger partial charge is 0.417 e. The zero-order valence-corrected chi connectivity index (χ0v) is 20.0. The first-order chi connectivity index (χ1) is 14.4. The lowest BCUT2D eigenvalue weighted by molar-refractivity contribution is -0.152. The van der Waals surface area contributed by atoms with E-state index in [2.05, 4.69) is 5.32 Å². The minimum Gasteiger partial charge on any atom is -0.467 e. The van der Waals surface area contributed by atoms with E-state index >= 15 is 0 Å². The maximum Gasteiger partial charge on any atom is 0.417 e. The number of methoxy groups -OCH3 is 1. The Morgan fingerprint density at radius 1 is 1.16 bits per heavy atom. The summed E-state index contributed by atoms with van der Waals surface area (Å²) in [4.78, 5) is 39.5. The van der Waals surface area contributed by atoms with E-state index in [1.807, 2.05) is 0 Å². The number of esters is 1. The van der Waals surface area contributed by atoms with Gasteiger partial charge in [-0.25, -0.2) is 14.5 Å². The summed E-state index contributed by atoms with van der Waals surface area (Å²) in [5.41, 5.74) is 5.20. The van der Waals surface area contributed by atoms with Crippen LogP contribution in [0.3, 0.4) is 0 Å². The summed E-state index contributed by atoms with van der Waals surface area (Å²) >= 11 is 12.0. The Labute approximate surface area is 193 Å². The zero-order chi connectivity index (χ0) is 23.8. The number of unbranched alkanes of at least 4 members (excludes halogenated alkanes) is 1. The average Bonchev–Trinajstić information content (AvgIpc) is 2.67. The third-order valence-electron chi connectivity index (χ3n) is 4.22. The number of carbonyl (C=O) groups excluding carboxylic acids is 3. The van der Waals surface area contributed by atoms with Gasteiger partial charge < -0.3 is 20.5 Å². The van der Waals surface area contributed by atoms with Crippen LogP contribution in [0.1, 0.15) is 47.0 Å². The van der Waals surface area contributed by atoms with Crippen molar-refractivity contribution < 1.29 is 23.9 Å². The van der Waals surface area contributed by atoms with Gasteiger partial charge in [-0.3, -0.25) is 4.79 Å². The van der Waals surface area contributed by atoms with Crippen molar-refractivity contribution in [2.24, 2.45) is 5.73 Å². The van der Waals surface area contributed by atoms with Crippen LogP contribution >= 0.6 is 23.2 Å². The lowest BCUT2D eigenvalue weighted by Gasteiger charge is -2.32. The Balaban J connectivity index is 3.21. The number of halogens is 2. The average molecular weight is 476 g/mol. The van der Waals surface area contributed by atoms with Crippen LogP contribution in [0.25, 0.3) is 0 Å². The van der Waals surface area contributed by atoms with Gasteiger partial charge in [0.15, 0.2) is 0 Å². The van der Waals surface area contributed by atoms with Crippen LogP contribution < -0.4 is 11.1 Å². The minimum absolute atomic E-state index is 0.203. The molecule has 0 aliphatic rings. The molecule has 10 heteroatoms. The topological polar surface area (TPSA) is 111 Å². The van der Waals surface area contributed by atoms with E-state index in [0.29, 0.717) is 35.1 Å². The van der Waals surface area contributed by atoms with Crippen molar-refractivity contribution in [2.45, 2.75) is 64.6 Å². The van der Waals surface area contributed by atoms with Crippen molar-refractivity contribution in [2.75, 3.05) is 19.0 Å². The first-order valence-corrected chi connectivity index (χ1v) is 10.7. The summed E-state index contributed by atoms with van der Waals surface area (Å²) in [5, 5.41) is 3.65. The van der Waals surface area contributed by atoms with E-state index in [4.69, 9.17) is 38.4 Å². The minimum atomic E-state index is -1.14. The van der Waals surface area contributed by atoms with Crippen molar-refractivity contribution in [3.63, 3.8) is 0 Å².